The molecule has 1 N–H and O–H groups in total. The van der Waals surface area contributed by atoms with Gasteiger partial charge >= 0.3 is 5.97 Å². The number of hydrogen-bond acceptors (Lipinski definition) is 4. The number of nitrogens with zero attached hydrogens (tertiary/aromatic N) is 3. The SMILES string of the molecule is CCCCc1nc(Cl)c(CC(=O)O)n1Cc1ccc([N+](=O)[O-])cc1. The summed E-state index contributed by atoms with van der Waals surface area (Å²) >= 11 is 6.12. The second-order valence-electron chi connectivity index (χ2n) is 5.45. The minimum atomic E-state index is -0.983. The van der Waals surface area contributed by atoms with Crippen LogP contribution >= 0.6 is 11.6 Å². The summed E-state index contributed by atoms with van der Waals surface area (Å²) in [5, 5.41) is 20.0. The highest BCUT2D eigenvalue weighted by Crippen LogP contribution is 2.22. The smallest absolute Gasteiger partial charge is 0.309 e. The van der Waals surface area contributed by atoms with E-state index in [1.54, 1.807) is 16.7 Å². The summed E-state index contributed by atoms with van der Waals surface area (Å²) in [5.41, 5.74) is 1.28. The van der Waals surface area contributed by atoms with Gasteiger partial charge in [0.2, 0.25) is 0 Å². The van der Waals surface area contributed by atoms with Crippen LogP contribution < -0.4 is 0 Å². The Balaban J connectivity index is 2.34. The Morgan fingerprint density at radius 3 is 2.58 bits per heavy atom. The van der Waals surface area contributed by atoms with Crippen LogP contribution in [0.4, 0.5) is 5.69 Å². The molecule has 1 aromatic heterocycles. The van der Waals surface area contributed by atoms with Crippen molar-refractivity contribution >= 4 is 23.3 Å². The highest BCUT2D eigenvalue weighted by molar-refractivity contribution is 6.30. The molecule has 2 rings (SSSR count). The van der Waals surface area contributed by atoms with Crippen molar-refractivity contribution in [1.82, 2.24) is 9.55 Å². The average molecular weight is 352 g/mol. The Hall–Kier alpha value is -2.41. The zero-order valence-corrected chi connectivity index (χ0v) is 14.0. The normalized spacial score (nSPS) is 10.8. The van der Waals surface area contributed by atoms with E-state index in [0.717, 1.165) is 24.2 Å². The fourth-order valence-electron chi connectivity index (χ4n) is 2.44. The van der Waals surface area contributed by atoms with Crippen molar-refractivity contribution in [2.45, 2.75) is 39.2 Å². The number of carboxylic acids is 1. The van der Waals surface area contributed by atoms with E-state index in [-0.39, 0.29) is 17.3 Å². The predicted octanol–water partition coefficient (Wildman–Crippen LogP) is 3.46. The number of imidazole rings is 1. The van der Waals surface area contributed by atoms with Crippen molar-refractivity contribution in [1.29, 1.82) is 0 Å². The van der Waals surface area contributed by atoms with E-state index >= 15 is 0 Å². The van der Waals surface area contributed by atoms with Crippen LogP contribution in [0.3, 0.4) is 0 Å². The highest BCUT2D eigenvalue weighted by Gasteiger charge is 2.18. The molecule has 1 heterocycles. The molecular formula is C16H18ClN3O4. The maximum absolute atomic E-state index is 11.1. The molecule has 24 heavy (non-hydrogen) atoms. The number of halogens is 1. The molecule has 0 aliphatic carbocycles. The van der Waals surface area contributed by atoms with Gasteiger partial charge in [0.25, 0.3) is 5.69 Å². The first-order chi connectivity index (χ1) is 11.4. The molecule has 0 atom stereocenters. The lowest BCUT2D eigenvalue weighted by atomic mass is 10.2. The van der Waals surface area contributed by atoms with Gasteiger partial charge in [0, 0.05) is 25.1 Å². The van der Waals surface area contributed by atoms with Crippen molar-refractivity contribution < 1.29 is 14.8 Å². The number of benzene rings is 1. The topological polar surface area (TPSA) is 98.3 Å². The van der Waals surface area contributed by atoms with E-state index in [4.69, 9.17) is 16.7 Å². The molecule has 0 aliphatic rings. The van der Waals surface area contributed by atoms with Crippen LogP contribution in [0, 0.1) is 10.1 Å². The molecular weight excluding hydrogens is 334 g/mol. The summed E-state index contributed by atoms with van der Waals surface area (Å²) in [6, 6.07) is 6.16. The minimum Gasteiger partial charge on any atom is -0.481 e. The molecule has 0 saturated heterocycles. The average Bonchev–Trinajstić information content (AvgIpc) is 2.81. The first-order valence-electron chi connectivity index (χ1n) is 7.61. The lowest BCUT2D eigenvalue weighted by Crippen LogP contribution is -2.12. The van der Waals surface area contributed by atoms with Gasteiger partial charge in [-0.2, -0.15) is 0 Å². The molecule has 0 spiro atoms. The van der Waals surface area contributed by atoms with E-state index in [1.807, 2.05) is 0 Å². The molecule has 0 amide bonds. The van der Waals surface area contributed by atoms with Crippen molar-refractivity contribution in [3.63, 3.8) is 0 Å². The number of carboxylic acid groups (broad SMARTS) is 1. The molecule has 0 unspecified atom stereocenters. The second kappa shape index (κ2) is 7.92. The van der Waals surface area contributed by atoms with Crippen LogP contribution in [0.5, 0.6) is 0 Å². The fourth-order valence-corrected chi connectivity index (χ4v) is 2.70. The van der Waals surface area contributed by atoms with Crippen molar-refractivity contribution in [2.24, 2.45) is 0 Å². The lowest BCUT2D eigenvalue weighted by Gasteiger charge is -2.11. The minimum absolute atomic E-state index is 0.0133. The van der Waals surface area contributed by atoms with Crippen molar-refractivity contribution in [3.05, 3.63) is 56.6 Å². The molecule has 2 aromatic rings. The Morgan fingerprint density at radius 1 is 1.38 bits per heavy atom. The summed E-state index contributed by atoms with van der Waals surface area (Å²) < 4.78 is 1.80. The van der Waals surface area contributed by atoms with Crippen LogP contribution in [-0.2, 0) is 24.2 Å². The van der Waals surface area contributed by atoms with Gasteiger partial charge in [0.15, 0.2) is 5.15 Å². The molecule has 128 valence electrons. The summed E-state index contributed by atoms with van der Waals surface area (Å²) in [4.78, 5) is 25.7. The summed E-state index contributed by atoms with van der Waals surface area (Å²) in [6.07, 6.45) is 2.38. The van der Waals surface area contributed by atoms with E-state index in [1.165, 1.54) is 12.1 Å². The number of hydrogen-bond donors (Lipinski definition) is 1. The van der Waals surface area contributed by atoms with Gasteiger partial charge < -0.3 is 9.67 Å². The van der Waals surface area contributed by atoms with Gasteiger partial charge in [0.05, 0.1) is 17.0 Å². The van der Waals surface area contributed by atoms with E-state index in [0.29, 0.717) is 18.7 Å². The third kappa shape index (κ3) is 4.32. The van der Waals surface area contributed by atoms with Gasteiger partial charge in [-0.25, -0.2) is 4.98 Å². The van der Waals surface area contributed by atoms with Crippen molar-refractivity contribution in [2.75, 3.05) is 0 Å². The Kier molecular flexibility index (Phi) is 5.92. The zero-order valence-electron chi connectivity index (χ0n) is 13.2. The summed E-state index contributed by atoms with van der Waals surface area (Å²) in [5.74, 6) is -0.250. The maximum Gasteiger partial charge on any atom is 0.309 e. The third-order valence-corrected chi connectivity index (χ3v) is 3.97. The van der Waals surface area contributed by atoms with E-state index in [2.05, 4.69) is 11.9 Å². The lowest BCUT2D eigenvalue weighted by molar-refractivity contribution is -0.384. The number of aryl methyl sites for hydroxylation is 1. The number of non-ortho nitro benzene ring substituents is 1. The molecule has 0 fully saturated rings. The quantitative estimate of drug-likeness (QED) is 0.580. The Labute approximate surface area is 144 Å². The largest absolute Gasteiger partial charge is 0.481 e. The molecule has 0 aliphatic heterocycles. The summed E-state index contributed by atoms with van der Waals surface area (Å²) in [7, 11) is 0. The van der Waals surface area contributed by atoms with Gasteiger partial charge in [-0.15, -0.1) is 0 Å². The van der Waals surface area contributed by atoms with E-state index < -0.39 is 10.9 Å². The zero-order chi connectivity index (χ0) is 17.7. The number of aliphatic carboxylic acids is 1. The molecule has 1 aromatic carbocycles. The first-order valence-corrected chi connectivity index (χ1v) is 7.99. The van der Waals surface area contributed by atoms with Crippen LogP contribution in [0.15, 0.2) is 24.3 Å². The van der Waals surface area contributed by atoms with E-state index in [9.17, 15) is 14.9 Å². The maximum atomic E-state index is 11.1. The Bertz CT molecular complexity index is 741. The molecule has 7 nitrogen and oxygen atoms in total. The summed E-state index contributed by atoms with van der Waals surface area (Å²) in [6.45, 7) is 2.43. The standard InChI is InChI=1S/C16H18ClN3O4/c1-2-3-4-14-18-16(17)13(9-15(21)22)19(14)10-11-5-7-12(8-6-11)20(23)24/h5-8H,2-4,9-10H2,1H3,(H,21,22). The number of aromatic nitrogens is 2. The van der Waals surface area contributed by atoms with Crippen LogP contribution in [-0.4, -0.2) is 25.6 Å². The van der Waals surface area contributed by atoms with Gasteiger partial charge in [-0.3, -0.25) is 14.9 Å². The molecule has 0 radical (unpaired) electrons. The monoisotopic (exact) mass is 351 g/mol. The molecule has 0 bridgehead atoms. The number of rotatable bonds is 8. The number of nitro benzene ring substituents is 1. The van der Waals surface area contributed by atoms with Gasteiger partial charge in [-0.1, -0.05) is 37.1 Å². The highest BCUT2D eigenvalue weighted by atomic mass is 35.5. The first kappa shape index (κ1) is 17.9. The van der Waals surface area contributed by atoms with Crippen LogP contribution in [0.1, 0.15) is 36.8 Å². The van der Waals surface area contributed by atoms with Crippen LogP contribution in [0.25, 0.3) is 0 Å². The second-order valence-corrected chi connectivity index (χ2v) is 5.81. The fraction of sp³-hybridized carbons (Fsp3) is 0.375. The molecule has 8 heteroatoms. The number of nitro groups is 1. The van der Waals surface area contributed by atoms with Crippen molar-refractivity contribution in [3.8, 4) is 0 Å². The van der Waals surface area contributed by atoms with Crippen LogP contribution in [0.2, 0.25) is 5.15 Å². The number of carbonyl (C=O) groups is 1. The predicted molar refractivity (Wildman–Crippen MR) is 89.4 cm³/mol. The van der Waals surface area contributed by atoms with Gasteiger partial charge in [0.1, 0.15) is 5.82 Å². The Morgan fingerprint density at radius 2 is 2.04 bits per heavy atom. The number of unbranched alkanes of at least 4 members (excludes halogenated alkanes) is 1. The molecule has 0 saturated carbocycles. The van der Waals surface area contributed by atoms with Gasteiger partial charge in [-0.05, 0) is 12.0 Å². The third-order valence-electron chi connectivity index (χ3n) is 3.66.